The van der Waals surface area contributed by atoms with E-state index in [1.165, 1.54) is 70.9 Å². The highest BCUT2D eigenvalue weighted by Gasteiger charge is 2.27. The number of nitrogens with one attached hydrogen (secondary N) is 1. The van der Waals surface area contributed by atoms with Crippen molar-refractivity contribution in [2.24, 2.45) is 11.8 Å². The molecule has 2 atom stereocenters. The van der Waals surface area contributed by atoms with Crippen LogP contribution in [0.4, 0.5) is 11.8 Å². The Morgan fingerprint density at radius 2 is 1.94 bits per heavy atom. The minimum atomic E-state index is 0.606. The Morgan fingerprint density at radius 3 is 2.70 bits per heavy atom. The molecule has 0 amide bonds. The number of rotatable bonds is 9. The third-order valence-electron chi connectivity index (χ3n) is 7.57. The van der Waals surface area contributed by atoms with Crippen LogP contribution in [-0.4, -0.2) is 53.6 Å². The summed E-state index contributed by atoms with van der Waals surface area (Å²) in [5.74, 6) is 3.35. The van der Waals surface area contributed by atoms with Gasteiger partial charge in [0.05, 0.1) is 0 Å². The molecular formula is C28H45N5. The van der Waals surface area contributed by atoms with Crippen LogP contribution in [0.25, 0.3) is 0 Å². The molecule has 2 saturated heterocycles. The summed E-state index contributed by atoms with van der Waals surface area (Å²) in [6.45, 7) is 10.2. The van der Waals surface area contributed by atoms with E-state index in [2.05, 4.69) is 58.2 Å². The molecule has 2 aliphatic heterocycles. The lowest BCUT2D eigenvalue weighted by Gasteiger charge is -2.31. The highest BCUT2D eigenvalue weighted by molar-refractivity contribution is 5.42. The van der Waals surface area contributed by atoms with Gasteiger partial charge in [-0.15, -0.1) is 0 Å². The molecule has 3 aliphatic rings. The smallest absolute Gasteiger partial charge is 0.224 e. The van der Waals surface area contributed by atoms with Gasteiger partial charge in [-0.1, -0.05) is 50.5 Å². The van der Waals surface area contributed by atoms with Crippen LogP contribution < -0.4 is 10.2 Å². The number of aromatic nitrogens is 2. The van der Waals surface area contributed by atoms with E-state index in [4.69, 9.17) is 4.98 Å². The van der Waals surface area contributed by atoms with Gasteiger partial charge >= 0.3 is 0 Å². The van der Waals surface area contributed by atoms with Crippen LogP contribution in [0.3, 0.4) is 0 Å². The topological polar surface area (TPSA) is 44.3 Å². The molecule has 2 fully saturated rings. The van der Waals surface area contributed by atoms with Crippen molar-refractivity contribution in [2.75, 3.05) is 42.9 Å². The predicted octanol–water partition coefficient (Wildman–Crippen LogP) is 6.06. The lowest BCUT2D eigenvalue weighted by molar-refractivity contribution is 0.212. The lowest BCUT2D eigenvalue weighted by atomic mass is 9.87. The minimum Gasteiger partial charge on any atom is -0.356 e. The van der Waals surface area contributed by atoms with E-state index in [1.807, 2.05) is 6.20 Å². The van der Waals surface area contributed by atoms with Crippen LogP contribution >= 0.6 is 0 Å². The molecule has 1 aromatic heterocycles. The van der Waals surface area contributed by atoms with E-state index in [9.17, 15) is 0 Å². The Labute approximate surface area is 201 Å². The molecule has 2 unspecified atom stereocenters. The zero-order valence-corrected chi connectivity index (χ0v) is 21.0. The Kier molecular flexibility index (Phi) is 9.22. The molecule has 5 heteroatoms. The molecule has 3 heterocycles. The quantitative estimate of drug-likeness (QED) is 0.462. The predicted molar refractivity (Wildman–Crippen MR) is 140 cm³/mol. The summed E-state index contributed by atoms with van der Waals surface area (Å²) in [5.41, 5.74) is 1.64. The van der Waals surface area contributed by atoms with Gasteiger partial charge in [-0.3, -0.25) is 4.90 Å². The number of anilines is 2. The second-order valence-corrected chi connectivity index (χ2v) is 10.7. The number of likely N-dealkylation sites (tertiary alicyclic amines) is 1. The molecule has 182 valence electrons. The molecular weight excluding hydrogens is 406 g/mol. The van der Waals surface area contributed by atoms with Crippen molar-refractivity contribution < 1.29 is 0 Å². The molecule has 33 heavy (non-hydrogen) atoms. The summed E-state index contributed by atoms with van der Waals surface area (Å²) in [7, 11) is 0. The largest absolute Gasteiger partial charge is 0.356 e. The van der Waals surface area contributed by atoms with Crippen LogP contribution in [0.5, 0.6) is 0 Å². The zero-order chi connectivity index (χ0) is 22.9. The maximum atomic E-state index is 4.86. The number of allylic oxidation sites excluding steroid dienone is 4. The normalized spacial score (nSPS) is 24.9. The average molecular weight is 452 g/mol. The van der Waals surface area contributed by atoms with E-state index < -0.39 is 0 Å². The Morgan fingerprint density at radius 1 is 1.09 bits per heavy atom. The van der Waals surface area contributed by atoms with Crippen molar-refractivity contribution in [3.05, 3.63) is 36.1 Å². The fraction of sp³-hybridized carbons (Fsp3) is 0.714. The van der Waals surface area contributed by atoms with Gasteiger partial charge in [-0.25, -0.2) is 4.98 Å². The Balaban J connectivity index is 1.24. The third-order valence-corrected chi connectivity index (χ3v) is 7.57. The highest BCUT2D eigenvalue weighted by atomic mass is 15.2. The molecule has 0 aromatic carbocycles. The second-order valence-electron chi connectivity index (χ2n) is 10.7. The lowest BCUT2D eigenvalue weighted by Crippen LogP contribution is -2.38. The highest BCUT2D eigenvalue weighted by Crippen LogP contribution is 2.29. The molecule has 0 radical (unpaired) electrons. The van der Waals surface area contributed by atoms with Crippen molar-refractivity contribution in [1.29, 1.82) is 0 Å². The maximum Gasteiger partial charge on any atom is 0.224 e. The van der Waals surface area contributed by atoms with Gasteiger partial charge in [-0.2, -0.15) is 4.98 Å². The third kappa shape index (κ3) is 7.56. The van der Waals surface area contributed by atoms with E-state index in [0.717, 1.165) is 43.7 Å². The molecule has 4 rings (SSSR count). The first-order chi connectivity index (χ1) is 16.2. The summed E-state index contributed by atoms with van der Waals surface area (Å²) in [5, 5.41) is 3.58. The monoisotopic (exact) mass is 451 g/mol. The molecule has 1 N–H and O–H groups in total. The SMILES string of the molecule is CC(C)C=CCC1=CCC(CN2CCCC2CNc2nccc(N3CCCCCC3)n2)CC1. The average Bonchev–Trinajstić information content (AvgIpc) is 3.08. The van der Waals surface area contributed by atoms with E-state index in [-0.39, 0.29) is 0 Å². The molecule has 0 spiro atoms. The number of nitrogens with zero attached hydrogens (tertiary/aromatic N) is 4. The molecule has 1 aliphatic carbocycles. The number of hydrogen-bond donors (Lipinski definition) is 1. The summed E-state index contributed by atoms with van der Waals surface area (Å²) in [6, 6.07) is 2.68. The molecule has 0 saturated carbocycles. The fourth-order valence-corrected chi connectivity index (χ4v) is 5.60. The van der Waals surface area contributed by atoms with Gasteiger partial charge in [0.1, 0.15) is 5.82 Å². The van der Waals surface area contributed by atoms with Crippen LogP contribution in [0, 0.1) is 11.8 Å². The van der Waals surface area contributed by atoms with Crippen molar-refractivity contribution >= 4 is 11.8 Å². The van der Waals surface area contributed by atoms with Crippen molar-refractivity contribution in [3.63, 3.8) is 0 Å². The van der Waals surface area contributed by atoms with Crippen molar-refractivity contribution in [2.45, 2.75) is 84.1 Å². The van der Waals surface area contributed by atoms with Crippen molar-refractivity contribution in [3.8, 4) is 0 Å². The van der Waals surface area contributed by atoms with Crippen LogP contribution in [-0.2, 0) is 0 Å². The maximum absolute atomic E-state index is 4.86. The van der Waals surface area contributed by atoms with Crippen LogP contribution in [0.2, 0.25) is 0 Å². The second kappa shape index (κ2) is 12.5. The molecule has 0 bridgehead atoms. The van der Waals surface area contributed by atoms with Gasteiger partial charge in [0.2, 0.25) is 5.95 Å². The van der Waals surface area contributed by atoms with E-state index in [0.29, 0.717) is 12.0 Å². The standard InChI is InChI=1S/C28H45N5/c1-23(2)9-7-10-24-12-14-25(15-13-24)22-33-20-8-11-26(33)21-30-28-29-17-16-27(31-28)32-18-5-3-4-6-19-32/h7,9,12,16-17,23,25-26H,3-6,8,10-11,13-15,18-22H2,1-2H3,(H,29,30,31). The van der Waals surface area contributed by atoms with Gasteiger partial charge in [0.25, 0.3) is 0 Å². The first-order valence-electron chi connectivity index (χ1n) is 13.6. The minimum absolute atomic E-state index is 0.606. The molecule has 1 aromatic rings. The summed E-state index contributed by atoms with van der Waals surface area (Å²) in [4.78, 5) is 14.5. The van der Waals surface area contributed by atoms with E-state index >= 15 is 0 Å². The van der Waals surface area contributed by atoms with Gasteiger partial charge in [-0.05, 0) is 75.8 Å². The number of hydrogen-bond acceptors (Lipinski definition) is 5. The zero-order valence-electron chi connectivity index (χ0n) is 21.0. The van der Waals surface area contributed by atoms with Gasteiger partial charge in [0, 0.05) is 38.4 Å². The first-order valence-corrected chi connectivity index (χ1v) is 13.6. The fourth-order valence-electron chi connectivity index (χ4n) is 5.60. The van der Waals surface area contributed by atoms with Crippen LogP contribution in [0.15, 0.2) is 36.1 Å². The molecule has 5 nitrogen and oxygen atoms in total. The van der Waals surface area contributed by atoms with Gasteiger partial charge in [0.15, 0.2) is 0 Å². The van der Waals surface area contributed by atoms with Crippen LogP contribution in [0.1, 0.15) is 78.1 Å². The van der Waals surface area contributed by atoms with Crippen molar-refractivity contribution in [1.82, 2.24) is 14.9 Å². The van der Waals surface area contributed by atoms with E-state index in [1.54, 1.807) is 5.57 Å². The Bertz CT molecular complexity index is 778. The summed E-state index contributed by atoms with van der Waals surface area (Å²) < 4.78 is 0. The summed E-state index contributed by atoms with van der Waals surface area (Å²) in [6.07, 6.45) is 22.0. The summed E-state index contributed by atoms with van der Waals surface area (Å²) >= 11 is 0. The van der Waals surface area contributed by atoms with Gasteiger partial charge < -0.3 is 10.2 Å². The Hall–Kier alpha value is -1.88. The first kappa shape index (κ1) is 24.3.